The molecule has 1 spiro atoms. The predicted molar refractivity (Wildman–Crippen MR) is 95.7 cm³/mol. The first kappa shape index (κ1) is 15.6. The molecule has 0 radical (unpaired) electrons. The Bertz CT molecular complexity index is 724. The molecule has 3 aliphatic rings. The van der Waals surface area contributed by atoms with E-state index in [1.54, 1.807) is 14.1 Å². The van der Waals surface area contributed by atoms with Crippen LogP contribution in [0.25, 0.3) is 0 Å². The third kappa shape index (κ3) is 1.83. The molecule has 4 rings (SSSR count). The van der Waals surface area contributed by atoms with Crippen molar-refractivity contribution in [1.29, 1.82) is 0 Å². The largest absolute Gasteiger partial charge is 0.367 e. The Labute approximate surface area is 147 Å². The Balaban J connectivity index is 1.91. The number of fused-ring (bicyclic) bond motifs is 4. The molecule has 1 aromatic rings. The summed E-state index contributed by atoms with van der Waals surface area (Å²) >= 11 is 5.28. The first-order chi connectivity index (χ1) is 11.5. The van der Waals surface area contributed by atoms with Crippen LogP contribution in [0.2, 0.25) is 0 Å². The first-order valence-electron chi connectivity index (χ1n) is 8.43. The molecule has 0 bridgehead atoms. The second kappa shape index (κ2) is 5.28. The van der Waals surface area contributed by atoms with Gasteiger partial charge in [-0.15, -0.1) is 0 Å². The van der Waals surface area contributed by atoms with Crippen LogP contribution in [0.1, 0.15) is 24.8 Å². The topological polar surface area (TPSA) is 43.9 Å². The van der Waals surface area contributed by atoms with Gasteiger partial charge in [-0.25, -0.2) is 0 Å². The Morgan fingerprint density at radius 3 is 2.46 bits per heavy atom. The highest BCUT2D eigenvalue weighted by Gasteiger charge is 2.62. The van der Waals surface area contributed by atoms with Gasteiger partial charge in [0, 0.05) is 26.3 Å². The lowest BCUT2D eigenvalue weighted by Gasteiger charge is -2.55. The van der Waals surface area contributed by atoms with Crippen LogP contribution in [0.15, 0.2) is 24.3 Å². The summed E-state index contributed by atoms with van der Waals surface area (Å²) in [6.07, 6.45) is 3.45. The SMILES string of the molecule is CN1C(=O)C2(Cc3ccccc3N3CCCC[C@@H]32)C(=O)N(C)C1=S. The van der Waals surface area contributed by atoms with E-state index in [1.165, 1.54) is 15.5 Å². The molecule has 0 aromatic heterocycles. The normalized spacial score (nSPS) is 25.8. The molecule has 1 atom stereocenters. The molecule has 126 valence electrons. The molecule has 5 nitrogen and oxygen atoms in total. The van der Waals surface area contributed by atoms with Crippen LogP contribution in [-0.4, -0.2) is 53.4 Å². The van der Waals surface area contributed by atoms with E-state index < -0.39 is 5.41 Å². The van der Waals surface area contributed by atoms with Gasteiger partial charge in [-0.3, -0.25) is 19.4 Å². The molecule has 0 unspecified atom stereocenters. The van der Waals surface area contributed by atoms with Crippen molar-refractivity contribution in [2.24, 2.45) is 5.41 Å². The Kier molecular flexibility index (Phi) is 3.42. The minimum Gasteiger partial charge on any atom is -0.367 e. The summed E-state index contributed by atoms with van der Waals surface area (Å²) < 4.78 is 0. The maximum Gasteiger partial charge on any atom is 0.246 e. The van der Waals surface area contributed by atoms with Crippen molar-refractivity contribution in [3.05, 3.63) is 29.8 Å². The lowest BCUT2D eigenvalue weighted by atomic mass is 9.66. The summed E-state index contributed by atoms with van der Waals surface area (Å²) in [5.74, 6) is -0.302. The highest BCUT2D eigenvalue weighted by atomic mass is 32.1. The van der Waals surface area contributed by atoms with Crippen molar-refractivity contribution in [3.63, 3.8) is 0 Å². The highest BCUT2D eigenvalue weighted by Crippen LogP contribution is 2.48. The fourth-order valence-corrected chi connectivity index (χ4v) is 4.78. The van der Waals surface area contributed by atoms with Crippen LogP contribution in [0.4, 0.5) is 5.69 Å². The van der Waals surface area contributed by atoms with Crippen molar-refractivity contribution < 1.29 is 9.59 Å². The molecule has 0 aliphatic carbocycles. The third-order valence-corrected chi connectivity index (χ3v) is 6.34. The standard InChI is InChI=1S/C18H21N3O2S/c1-19-15(22)18(16(23)20(2)17(19)24)11-12-7-3-4-8-13(12)21-10-6-5-9-14(18)21/h3-4,7-8,14H,5-6,9-11H2,1-2H3/t14-/m1/s1. The van der Waals surface area contributed by atoms with E-state index in [4.69, 9.17) is 12.2 Å². The molecule has 2 amide bonds. The monoisotopic (exact) mass is 343 g/mol. The minimum atomic E-state index is -1.05. The van der Waals surface area contributed by atoms with Gasteiger partial charge in [-0.05, 0) is 49.5 Å². The quantitative estimate of drug-likeness (QED) is 0.532. The van der Waals surface area contributed by atoms with E-state index in [9.17, 15) is 9.59 Å². The maximum absolute atomic E-state index is 13.3. The van der Waals surface area contributed by atoms with E-state index >= 15 is 0 Å². The molecular weight excluding hydrogens is 322 g/mol. The number of rotatable bonds is 0. The molecular formula is C18H21N3O2S. The van der Waals surface area contributed by atoms with Gasteiger partial charge in [0.1, 0.15) is 0 Å². The molecule has 0 saturated carbocycles. The molecule has 6 heteroatoms. The van der Waals surface area contributed by atoms with Gasteiger partial charge in [0.05, 0.1) is 6.04 Å². The number of hydrogen-bond donors (Lipinski definition) is 0. The van der Waals surface area contributed by atoms with Gasteiger partial charge in [0.15, 0.2) is 10.5 Å². The summed E-state index contributed by atoms with van der Waals surface area (Å²) in [5.41, 5.74) is 1.19. The number of hydrogen-bond acceptors (Lipinski definition) is 4. The van der Waals surface area contributed by atoms with Crippen LogP contribution in [-0.2, 0) is 16.0 Å². The van der Waals surface area contributed by atoms with Gasteiger partial charge in [-0.2, -0.15) is 0 Å². The number of thiocarbonyl (C=S) groups is 1. The fourth-order valence-electron chi connectivity index (χ4n) is 4.62. The second-order valence-electron chi connectivity index (χ2n) is 6.99. The fraction of sp³-hybridized carbons (Fsp3) is 0.500. The van der Waals surface area contributed by atoms with Crippen LogP contribution in [0, 0.1) is 5.41 Å². The molecule has 3 aliphatic heterocycles. The van der Waals surface area contributed by atoms with Crippen LogP contribution in [0.3, 0.4) is 0 Å². The molecule has 3 heterocycles. The van der Waals surface area contributed by atoms with Crippen LogP contribution < -0.4 is 4.90 Å². The van der Waals surface area contributed by atoms with Crippen molar-refractivity contribution in [3.8, 4) is 0 Å². The first-order valence-corrected chi connectivity index (χ1v) is 8.84. The van der Waals surface area contributed by atoms with Crippen molar-refractivity contribution in [2.75, 3.05) is 25.5 Å². The number of carbonyl (C=O) groups is 2. The highest BCUT2D eigenvalue weighted by molar-refractivity contribution is 7.80. The van der Waals surface area contributed by atoms with Crippen LogP contribution >= 0.6 is 12.2 Å². The number of nitrogens with zero attached hydrogens (tertiary/aromatic N) is 3. The molecule has 1 aromatic carbocycles. The van der Waals surface area contributed by atoms with E-state index in [0.29, 0.717) is 6.42 Å². The van der Waals surface area contributed by atoms with Crippen molar-refractivity contribution in [2.45, 2.75) is 31.7 Å². The average molecular weight is 343 g/mol. The smallest absolute Gasteiger partial charge is 0.246 e. The van der Waals surface area contributed by atoms with Gasteiger partial charge in [0.2, 0.25) is 11.8 Å². The maximum atomic E-state index is 13.3. The summed E-state index contributed by atoms with van der Waals surface area (Å²) in [6.45, 7) is 0.891. The molecule has 2 saturated heterocycles. The number of carbonyl (C=O) groups excluding carboxylic acids is 2. The zero-order valence-electron chi connectivity index (χ0n) is 14.0. The molecule has 24 heavy (non-hydrogen) atoms. The van der Waals surface area contributed by atoms with E-state index in [1.807, 2.05) is 18.2 Å². The summed E-state index contributed by atoms with van der Waals surface area (Å²) in [6, 6.07) is 8.06. The van der Waals surface area contributed by atoms with E-state index in [2.05, 4.69) is 11.0 Å². The van der Waals surface area contributed by atoms with Crippen molar-refractivity contribution >= 4 is 34.8 Å². The van der Waals surface area contributed by atoms with Crippen LogP contribution in [0.5, 0.6) is 0 Å². The third-order valence-electron chi connectivity index (χ3n) is 5.79. The Morgan fingerprint density at radius 2 is 1.75 bits per heavy atom. The van der Waals surface area contributed by atoms with Gasteiger partial charge in [-0.1, -0.05) is 18.2 Å². The summed E-state index contributed by atoms with van der Waals surface area (Å²) in [4.78, 5) is 31.8. The van der Waals surface area contributed by atoms with Crippen molar-refractivity contribution in [1.82, 2.24) is 9.80 Å². The van der Waals surface area contributed by atoms with Gasteiger partial charge < -0.3 is 4.90 Å². The predicted octanol–water partition coefficient (Wildman–Crippen LogP) is 1.80. The number of benzene rings is 1. The van der Waals surface area contributed by atoms with Gasteiger partial charge in [0.25, 0.3) is 0 Å². The molecule has 2 fully saturated rings. The number of para-hydroxylation sites is 1. The lowest BCUT2D eigenvalue weighted by Crippen LogP contribution is -2.72. The Morgan fingerprint density at radius 1 is 1.08 bits per heavy atom. The zero-order valence-corrected chi connectivity index (χ0v) is 14.8. The summed E-state index contributed by atoms with van der Waals surface area (Å²) in [7, 11) is 3.37. The number of amides is 2. The Hall–Kier alpha value is -1.95. The average Bonchev–Trinajstić information content (AvgIpc) is 2.63. The van der Waals surface area contributed by atoms with E-state index in [0.717, 1.165) is 31.4 Å². The molecule has 0 N–H and O–H groups in total. The van der Waals surface area contributed by atoms with E-state index in [-0.39, 0.29) is 23.0 Å². The lowest BCUT2D eigenvalue weighted by molar-refractivity contribution is -0.157. The zero-order chi connectivity index (χ0) is 17.1. The number of piperidine rings is 1. The number of anilines is 1. The minimum absolute atomic E-state index is 0.0888. The second-order valence-corrected chi connectivity index (χ2v) is 7.36. The summed E-state index contributed by atoms with van der Waals surface area (Å²) in [5, 5.41) is 0.289. The van der Waals surface area contributed by atoms with Gasteiger partial charge >= 0.3 is 0 Å².